The smallest absolute Gasteiger partial charge is 0.408 e. The average Bonchev–Trinajstić information content (AvgIpc) is 2.65. The lowest BCUT2D eigenvalue weighted by Gasteiger charge is -2.24. The van der Waals surface area contributed by atoms with Crippen LogP contribution in [0.25, 0.3) is 0 Å². The number of hydrogen-bond acceptors (Lipinski definition) is 7. The summed E-state index contributed by atoms with van der Waals surface area (Å²) in [4.78, 5) is 51.0. The number of hydroxylamine groups is 2. The molecule has 0 aromatic rings. The van der Waals surface area contributed by atoms with Crippen LogP contribution >= 0.6 is 0 Å². The first-order chi connectivity index (χ1) is 10.0. The van der Waals surface area contributed by atoms with E-state index in [9.17, 15) is 24.3 Å². The minimum Gasteiger partial charge on any atom is -0.444 e. The number of nitrogens with zero attached hydrogens (tertiary/aromatic N) is 1. The molecule has 0 saturated carbocycles. The van der Waals surface area contributed by atoms with E-state index in [1.807, 2.05) is 0 Å². The largest absolute Gasteiger partial charge is 0.444 e. The molecule has 2 atom stereocenters. The zero-order valence-electron chi connectivity index (χ0n) is 12.9. The van der Waals surface area contributed by atoms with Crippen molar-refractivity contribution in [1.82, 2.24) is 10.4 Å². The topological polar surface area (TPSA) is 122 Å². The third kappa shape index (κ3) is 4.99. The standard InChI is InChI=1S/C13H20N2O7/c1-7(16)10(14-12(20)21-13(2,3)4)11(19)22-15-8(17)5-6-9(15)18/h7,10,16H,5-6H2,1-4H3,(H,14,20)/t7-,10-/m0/s1. The van der Waals surface area contributed by atoms with Gasteiger partial charge in [-0.25, -0.2) is 9.59 Å². The minimum atomic E-state index is -1.48. The van der Waals surface area contributed by atoms with Gasteiger partial charge in [0.15, 0.2) is 6.04 Å². The fourth-order valence-corrected chi connectivity index (χ4v) is 1.62. The molecule has 124 valence electrons. The number of aliphatic hydroxyl groups excluding tert-OH is 1. The van der Waals surface area contributed by atoms with E-state index in [1.54, 1.807) is 20.8 Å². The van der Waals surface area contributed by atoms with Crippen molar-refractivity contribution in [2.75, 3.05) is 0 Å². The van der Waals surface area contributed by atoms with Gasteiger partial charge in [-0.1, -0.05) is 0 Å². The number of rotatable bonds is 4. The number of amides is 3. The van der Waals surface area contributed by atoms with Crippen molar-refractivity contribution in [2.45, 2.75) is 58.3 Å². The van der Waals surface area contributed by atoms with Gasteiger partial charge in [-0.05, 0) is 27.7 Å². The zero-order chi connectivity index (χ0) is 17.1. The quantitative estimate of drug-likeness (QED) is 0.692. The summed E-state index contributed by atoms with van der Waals surface area (Å²) >= 11 is 0. The first-order valence-corrected chi connectivity index (χ1v) is 6.76. The molecule has 0 bridgehead atoms. The Hall–Kier alpha value is -2.16. The fourth-order valence-electron chi connectivity index (χ4n) is 1.62. The van der Waals surface area contributed by atoms with Crippen molar-refractivity contribution in [3.8, 4) is 0 Å². The molecule has 3 amide bonds. The Labute approximate surface area is 127 Å². The Morgan fingerprint density at radius 1 is 1.23 bits per heavy atom. The summed E-state index contributed by atoms with van der Waals surface area (Å²) in [6, 6.07) is -1.48. The molecule has 0 aliphatic carbocycles. The lowest BCUT2D eigenvalue weighted by molar-refractivity contribution is -0.200. The molecule has 0 radical (unpaired) electrons. The number of ether oxygens (including phenoxy) is 1. The molecular formula is C13H20N2O7. The van der Waals surface area contributed by atoms with Crippen molar-refractivity contribution >= 4 is 23.9 Å². The molecule has 22 heavy (non-hydrogen) atoms. The van der Waals surface area contributed by atoms with Crippen LogP contribution in [0.4, 0.5) is 4.79 Å². The van der Waals surface area contributed by atoms with Crippen LogP contribution < -0.4 is 5.32 Å². The van der Waals surface area contributed by atoms with Gasteiger partial charge in [0.1, 0.15) is 5.60 Å². The van der Waals surface area contributed by atoms with E-state index in [-0.39, 0.29) is 12.8 Å². The molecular weight excluding hydrogens is 296 g/mol. The van der Waals surface area contributed by atoms with Crippen molar-refractivity contribution in [3.05, 3.63) is 0 Å². The Morgan fingerprint density at radius 3 is 2.14 bits per heavy atom. The van der Waals surface area contributed by atoms with E-state index in [4.69, 9.17) is 4.74 Å². The second-order valence-corrected chi connectivity index (χ2v) is 5.86. The van der Waals surface area contributed by atoms with Gasteiger partial charge in [0.05, 0.1) is 6.10 Å². The molecule has 1 saturated heterocycles. The monoisotopic (exact) mass is 316 g/mol. The third-order valence-electron chi connectivity index (χ3n) is 2.60. The number of nitrogens with one attached hydrogen (secondary N) is 1. The van der Waals surface area contributed by atoms with E-state index >= 15 is 0 Å². The first kappa shape index (κ1) is 17.9. The van der Waals surface area contributed by atoms with Crippen LogP contribution in [0.2, 0.25) is 0 Å². The summed E-state index contributed by atoms with van der Waals surface area (Å²) in [6.45, 7) is 6.13. The molecule has 1 aliphatic heterocycles. The number of carbonyl (C=O) groups excluding carboxylic acids is 4. The highest BCUT2D eigenvalue weighted by Gasteiger charge is 2.37. The van der Waals surface area contributed by atoms with Crippen molar-refractivity contribution in [3.63, 3.8) is 0 Å². The van der Waals surface area contributed by atoms with Crippen LogP contribution in [0.1, 0.15) is 40.5 Å². The van der Waals surface area contributed by atoms with E-state index in [2.05, 4.69) is 10.2 Å². The Morgan fingerprint density at radius 2 is 1.73 bits per heavy atom. The highest BCUT2D eigenvalue weighted by Crippen LogP contribution is 2.14. The molecule has 0 aromatic carbocycles. The summed E-state index contributed by atoms with van der Waals surface area (Å²) in [5, 5.41) is 12.1. The predicted octanol–water partition coefficient (Wildman–Crippen LogP) is -0.132. The van der Waals surface area contributed by atoms with Crippen molar-refractivity contribution < 1.29 is 33.9 Å². The molecule has 2 N–H and O–H groups in total. The maximum absolute atomic E-state index is 11.9. The van der Waals surface area contributed by atoms with E-state index in [0.29, 0.717) is 5.06 Å². The van der Waals surface area contributed by atoms with Crippen LogP contribution in [0.3, 0.4) is 0 Å². The van der Waals surface area contributed by atoms with Gasteiger partial charge in [-0.15, -0.1) is 5.06 Å². The second kappa shape index (κ2) is 6.73. The maximum Gasteiger partial charge on any atom is 0.408 e. The number of alkyl carbamates (subject to hydrolysis) is 1. The van der Waals surface area contributed by atoms with Gasteiger partial charge >= 0.3 is 12.1 Å². The van der Waals surface area contributed by atoms with Crippen LogP contribution in [-0.4, -0.2) is 51.8 Å². The second-order valence-electron chi connectivity index (χ2n) is 5.86. The predicted molar refractivity (Wildman–Crippen MR) is 72.0 cm³/mol. The minimum absolute atomic E-state index is 0.0506. The van der Waals surface area contributed by atoms with Crippen molar-refractivity contribution in [1.29, 1.82) is 0 Å². The fraction of sp³-hybridized carbons (Fsp3) is 0.692. The SMILES string of the molecule is C[C@H](O)[C@H](NC(=O)OC(C)(C)C)C(=O)ON1C(=O)CCC1=O. The van der Waals surface area contributed by atoms with E-state index < -0.39 is 41.6 Å². The lowest BCUT2D eigenvalue weighted by atomic mass is 10.2. The van der Waals surface area contributed by atoms with Gasteiger partial charge in [-0.2, -0.15) is 0 Å². The number of aliphatic hydroxyl groups is 1. The van der Waals surface area contributed by atoms with E-state index in [1.165, 1.54) is 6.92 Å². The van der Waals surface area contributed by atoms with E-state index in [0.717, 1.165) is 0 Å². The van der Waals surface area contributed by atoms with Gasteiger partial charge in [0, 0.05) is 12.8 Å². The van der Waals surface area contributed by atoms with Crippen LogP contribution in [-0.2, 0) is 24.0 Å². The summed E-state index contributed by atoms with van der Waals surface area (Å²) in [5.74, 6) is -2.44. The first-order valence-electron chi connectivity index (χ1n) is 6.76. The highest BCUT2D eigenvalue weighted by molar-refractivity contribution is 6.01. The van der Waals surface area contributed by atoms with Gasteiger partial charge in [0.2, 0.25) is 0 Å². The Kier molecular flexibility index (Phi) is 5.48. The Bertz CT molecular complexity index is 465. The van der Waals surface area contributed by atoms with Crippen LogP contribution in [0.15, 0.2) is 0 Å². The Balaban J connectivity index is 2.70. The average molecular weight is 316 g/mol. The summed E-state index contributed by atoms with van der Waals surface area (Å²) in [5.41, 5.74) is -0.794. The molecule has 0 aromatic heterocycles. The molecule has 1 fully saturated rings. The summed E-state index contributed by atoms with van der Waals surface area (Å²) in [6.07, 6.45) is -2.35. The third-order valence-corrected chi connectivity index (χ3v) is 2.60. The summed E-state index contributed by atoms with van der Waals surface area (Å²) < 4.78 is 4.96. The normalized spacial score (nSPS) is 18.0. The lowest BCUT2D eigenvalue weighted by Crippen LogP contribution is -2.51. The molecule has 9 nitrogen and oxygen atoms in total. The number of carbonyl (C=O) groups is 4. The van der Waals surface area contributed by atoms with Gasteiger partial charge in [0.25, 0.3) is 11.8 Å². The highest BCUT2D eigenvalue weighted by atomic mass is 16.7. The maximum atomic E-state index is 11.9. The molecule has 9 heteroatoms. The molecule has 1 heterocycles. The molecule has 0 spiro atoms. The number of imide groups is 1. The molecule has 1 aliphatic rings. The zero-order valence-corrected chi connectivity index (χ0v) is 12.9. The number of hydrogen-bond donors (Lipinski definition) is 2. The van der Waals surface area contributed by atoms with Gasteiger partial charge < -0.3 is 20.0 Å². The van der Waals surface area contributed by atoms with Gasteiger partial charge in [-0.3, -0.25) is 9.59 Å². The summed E-state index contributed by atoms with van der Waals surface area (Å²) in [7, 11) is 0. The van der Waals surface area contributed by atoms with Crippen LogP contribution in [0.5, 0.6) is 0 Å². The van der Waals surface area contributed by atoms with Crippen LogP contribution in [0, 0.1) is 0 Å². The molecule has 1 rings (SSSR count). The molecule has 0 unspecified atom stereocenters. The van der Waals surface area contributed by atoms with Crippen molar-refractivity contribution in [2.24, 2.45) is 0 Å².